The highest BCUT2D eigenvalue weighted by Crippen LogP contribution is 2.41. The molecule has 0 saturated heterocycles. The molecule has 0 fully saturated rings. The van der Waals surface area contributed by atoms with E-state index in [4.69, 9.17) is 39.7 Å². The van der Waals surface area contributed by atoms with E-state index in [1.807, 2.05) is 30.0 Å². The van der Waals surface area contributed by atoms with Gasteiger partial charge in [-0.2, -0.15) is 0 Å². The van der Waals surface area contributed by atoms with E-state index < -0.39 is 5.91 Å². The van der Waals surface area contributed by atoms with Crippen LogP contribution in [0.5, 0.6) is 0 Å². The number of rotatable bonds is 5. The molecule has 0 radical (unpaired) electrons. The molecule has 3 heterocycles. The number of benzene rings is 1. The van der Waals surface area contributed by atoms with Crippen LogP contribution in [0.4, 0.5) is 17.5 Å². The number of amides is 1. The minimum Gasteiger partial charge on any atom is -0.397 e. The predicted octanol–water partition coefficient (Wildman–Crippen LogP) is 4.90. The number of nitrogen functional groups attached to an aromatic ring is 1. The number of nitrogens with zero attached hydrogens (tertiary/aromatic N) is 4. The Morgan fingerprint density at radius 2 is 1.97 bits per heavy atom. The lowest BCUT2D eigenvalue weighted by Gasteiger charge is -2.20. The summed E-state index contributed by atoms with van der Waals surface area (Å²) in [5, 5.41) is 1.35. The first kappa shape index (κ1) is 20.3. The van der Waals surface area contributed by atoms with Gasteiger partial charge in [-0.3, -0.25) is 9.69 Å². The number of nitrogens with two attached hydrogens (primary N) is 2. The summed E-state index contributed by atoms with van der Waals surface area (Å²) in [5.41, 5.74) is 13.2. The minimum atomic E-state index is -0.616. The van der Waals surface area contributed by atoms with Crippen LogP contribution >= 0.6 is 34.5 Å². The molecule has 0 aliphatic carbocycles. The average molecular weight is 459 g/mol. The average Bonchev–Trinajstić information content (AvgIpc) is 3.08. The highest BCUT2D eigenvalue weighted by molar-refractivity contribution is 7.21. The monoisotopic (exact) mass is 458 g/mol. The zero-order valence-electron chi connectivity index (χ0n) is 15.8. The first-order chi connectivity index (χ1) is 14.4. The molecule has 4 N–H and O–H groups in total. The molecule has 0 saturated carbocycles. The summed E-state index contributed by atoms with van der Waals surface area (Å²) in [6, 6.07) is 10.8. The highest BCUT2D eigenvalue weighted by Gasteiger charge is 2.23. The standard InChI is InChI=1S/C20H16Cl2N6OS/c1-2-28(13-5-3-4-8-25-13)20-26-16(10-6-7-11(21)12(22)9-10)14-15(23)17(18(24)29)30-19(14)27-20/h3-9H,2,23H2,1H3,(H2,24,29). The first-order valence-electron chi connectivity index (χ1n) is 8.94. The van der Waals surface area contributed by atoms with Gasteiger partial charge in [0.15, 0.2) is 0 Å². The second kappa shape index (κ2) is 8.06. The molecule has 152 valence electrons. The zero-order chi connectivity index (χ0) is 21.4. The number of fused-ring (bicyclic) bond motifs is 1. The van der Waals surface area contributed by atoms with Gasteiger partial charge in [-0.05, 0) is 31.2 Å². The number of halogens is 2. The summed E-state index contributed by atoms with van der Waals surface area (Å²) in [6.45, 7) is 2.55. The number of thiophene rings is 1. The fourth-order valence-corrected chi connectivity index (χ4v) is 4.33. The molecule has 30 heavy (non-hydrogen) atoms. The Bertz CT molecular complexity index is 1260. The van der Waals surface area contributed by atoms with Crippen molar-refractivity contribution in [3.05, 3.63) is 57.5 Å². The molecule has 0 atom stereocenters. The summed E-state index contributed by atoms with van der Waals surface area (Å²) in [6.07, 6.45) is 1.70. The fourth-order valence-electron chi connectivity index (χ4n) is 3.09. The Morgan fingerprint density at radius 1 is 1.17 bits per heavy atom. The van der Waals surface area contributed by atoms with Gasteiger partial charge in [-0.25, -0.2) is 15.0 Å². The molecule has 1 amide bonds. The topological polar surface area (TPSA) is 111 Å². The van der Waals surface area contributed by atoms with Crippen LogP contribution in [0, 0.1) is 0 Å². The van der Waals surface area contributed by atoms with Crippen molar-refractivity contribution in [1.29, 1.82) is 0 Å². The molecular formula is C20H16Cl2N6OS. The van der Waals surface area contributed by atoms with Crippen LogP contribution in [-0.4, -0.2) is 27.4 Å². The summed E-state index contributed by atoms with van der Waals surface area (Å²) in [4.78, 5) is 28.3. The largest absolute Gasteiger partial charge is 0.397 e. The van der Waals surface area contributed by atoms with Gasteiger partial charge in [0.25, 0.3) is 5.91 Å². The molecule has 0 aliphatic heterocycles. The Balaban J connectivity index is 2.02. The van der Waals surface area contributed by atoms with E-state index >= 15 is 0 Å². The number of pyridine rings is 1. The van der Waals surface area contributed by atoms with Crippen molar-refractivity contribution < 1.29 is 4.79 Å². The number of carbonyl (C=O) groups excluding carboxylic acids is 1. The number of carbonyl (C=O) groups is 1. The van der Waals surface area contributed by atoms with E-state index in [1.165, 1.54) is 0 Å². The van der Waals surface area contributed by atoms with E-state index in [9.17, 15) is 4.79 Å². The van der Waals surface area contributed by atoms with Crippen LogP contribution in [0.3, 0.4) is 0 Å². The molecule has 4 aromatic rings. The van der Waals surface area contributed by atoms with Crippen LogP contribution < -0.4 is 16.4 Å². The first-order valence-corrected chi connectivity index (χ1v) is 10.5. The van der Waals surface area contributed by atoms with Crippen LogP contribution in [0.1, 0.15) is 16.6 Å². The zero-order valence-corrected chi connectivity index (χ0v) is 18.1. The van der Waals surface area contributed by atoms with Crippen molar-refractivity contribution in [3.8, 4) is 11.3 Å². The second-order valence-electron chi connectivity index (χ2n) is 6.32. The maximum atomic E-state index is 11.9. The highest BCUT2D eigenvalue weighted by atomic mass is 35.5. The number of primary amides is 1. The summed E-state index contributed by atoms with van der Waals surface area (Å²) >= 11 is 13.4. The summed E-state index contributed by atoms with van der Waals surface area (Å²) in [5.74, 6) is 0.496. The third kappa shape index (κ3) is 3.54. The van der Waals surface area contributed by atoms with Gasteiger partial charge in [0.1, 0.15) is 15.5 Å². The Kier molecular flexibility index (Phi) is 5.46. The lowest BCUT2D eigenvalue weighted by Crippen LogP contribution is -2.20. The van der Waals surface area contributed by atoms with Crippen LogP contribution in [0.15, 0.2) is 42.6 Å². The molecule has 3 aromatic heterocycles. The summed E-state index contributed by atoms with van der Waals surface area (Å²) in [7, 11) is 0. The van der Waals surface area contributed by atoms with E-state index in [1.54, 1.807) is 24.4 Å². The van der Waals surface area contributed by atoms with E-state index in [2.05, 4.69) is 9.97 Å². The van der Waals surface area contributed by atoms with Crippen molar-refractivity contribution in [2.45, 2.75) is 6.92 Å². The Morgan fingerprint density at radius 3 is 2.60 bits per heavy atom. The second-order valence-corrected chi connectivity index (χ2v) is 8.14. The van der Waals surface area contributed by atoms with Gasteiger partial charge < -0.3 is 11.5 Å². The maximum absolute atomic E-state index is 11.9. The lowest BCUT2D eigenvalue weighted by molar-refractivity contribution is 0.100. The minimum absolute atomic E-state index is 0.235. The molecule has 0 unspecified atom stereocenters. The molecule has 0 spiro atoms. The van der Waals surface area contributed by atoms with Crippen LogP contribution in [0.2, 0.25) is 10.0 Å². The Labute approximate surface area is 186 Å². The quantitative estimate of drug-likeness (QED) is 0.439. The number of anilines is 3. The van der Waals surface area contributed by atoms with E-state index in [0.29, 0.717) is 49.8 Å². The number of hydrogen-bond donors (Lipinski definition) is 2. The SMILES string of the molecule is CCN(c1ccccn1)c1nc(-c2ccc(Cl)c(Cl)c2)c2c(N)c(C(N)=O)sc2n1. The van der Waals surface area contributed by atoms with Crippen molar-refractivity contribution in [2.75, 3.05) is 17.2 Å². The van der Waals surface area contributed by atoms with Crippen molar-refractivity contribution in [2.24, 2.45) is 5.73 Å². The van der Waals surface area contributed by atoms with Gasteiger partial charge in [0, 0.05) is 18.3 Å². The predicted molar refractivity (Wildman–Crippen MR) is 123 cm³/mol. The molecular weight excluding hydrogens is 443 g/mol. The van der Waals surface area contributed by atoms with Gasteiger partial charge >= 0.3 is 0 Å². The van der Waals surface area contributed by atoms with Gasteiger partial charge in [0.05, 0.1) is 26.8 Å². The van der Waals surface area contributed by atoms with Gasteiger partial charge in [0.2, 0.25) is 5.95 Å². The molecule has 4 rings (SSSR count). The van der Waals surface area contributed by atoms with Gasteiger partial charge in [-0.15, -0.1) is 11.3 Å². The molecule has 10 heteroatoms. The van der Waals surface area contributed by atoms with Crippen molar-refractivity contribution in [1.82, 2.24) is 15.0 Å². The Hall–Kier alpha value is -2.94. The van der Waals surface area contributed by atoms with E-state index in [0.717, 1.165) is 11.3 Å². The molecule has 0 aliphatic rings. The van der Waals surface area contributed by atoms with E-state index in [-0.39, 0.29) is 10.6 Å². The maximum Gasteiger partial charge on any atom is 0.260 e. The third-order valence-corrected chi connectivity index (χ3v) is 6.33. The molecule has 1 aromatic carbocycles. The fraction of sp³-hybridized carbons (Fsp3) is 0.100. The number of aromatic nitrogens is 3. The molecule has 7 nitrogen and oxygen atoms in total. The smallest absolute Gasteiger partial charge is 0.260 e. The van der Waals surface area contributed by atoms with Crippen LogP contribution in [0.25, 0.3) is 21.5 Å². The molecule has 0 bridgehead atoms. The van der Waals surface area contributed by atoms with Crippen LogP contribution in [-0.2, 0) is 0 Å². The van der Waals surface area contributed by atoms with Crippen molar-refractivity contribution >= 4 is 68.1 Å². The number of hydrogen-bond acceptors (Lipinski definition) is 7. The van der Waals surface area contributed by atoms with Crippen molar-refractivity contribution in [3.63, 3.8) is 0 Å². The van der Waals surface area contributed by atoms with Gasteiger partial charge in [-0.1, -0.05) is 35.3 Å². The summed E-state index contributed by atoms with van der Waals surface area (Å²) < 4.78 is 0. The normalized spacial score (nSPS) is 11.0. The lowest BCUT2D eigenvalue weighted by atomic mass is 10.1. The third-order valence-electron chi connectivity index (χ3n) is 4.48.